The Balaban J connectivity index is 2.64. The summed E-state index contributed by atoms with van der Waals surface area (Å²) in [5.74, 6) is -0.193. The molecule has 1 aromatic rings. The van der Waals surface area contributed by atoms with E-state index in [1.54, 1.807) is 25.1 Å². The zero-order valence-electron chi connectivity index (χ0n) is 9.55. The molecule has 0 unspecified atom stereocenters. The van der Waals surface area contributed by atoms with E-state index in [9.17, 15) is 14.5 Å². The molecule has 0 saturated carbocycles. The molecule has 0 aliphatic rings. The average Bonchev–Trinajstić information content (AvgIpc) is 2.25. The summed E-state index contributed by atoms with van der Waals surface area (Å²) in [6.07, 6.45) is 2.25. The maximum atomic E-state index is 12.5. The monoisotopic (exact) mass is 240 g/mol. The standard InChI is InChI=1S/C10H13FN4O2/c1-14(2)10(7-15(16)17)13-6-8-3-4-9(11)12-5-8/h3-5,7,13H,6H2,1-2H3/b10-7-. The molecular weight excluding hydrogens is 227 g/mol. The van der Waals surface area contributed by atoms with Crippen molar-refractivity contribution in [3.05, 3.63) is 52.0 Å². The normalized spacial score (nSPS) is 11.1. The zero-order chi connectivity index (χ0) is 12.8. The molecule has 0 amide bonds. The molecule has 7 heteroatoms. The highest BCUT2D eigenvalue weighted by Crippen LogP contribution is 2.01. The Morgan fingerprint density at radius 3 is 2.82 bits per heavy atom. The van der Waals surface area contributed by atoms with Crippen molar-refractivity contribution in [2.75, 3.05) is 14.1 Å². The number of halogens is 1. The number of hydrogen-bond acceptors (Lipinski definition) is 5. The topological polar surface area (TPSA) is 71.3 Å². The number of rotatable bonds is 5. The van der Waals surface area contributed by atoms with Crippen LogP contribution in [0, 0.1) is 16.1 Å². The van der Waals surface area contributed by atoms with Crippen molar-refractivity contribution in [3.8, 4) is 0 Å². The third-order valence-corrected chi connectivity index (χ3v) is 1.97. The second-order valence-corrected chi connectivity index (χ2v) is 3.54. The van der Waals surface area contributed by atoms with E-state index in [2.05, 4.69) is 10.3 Å². The van der Waals surface area contributed by atoms with E-state index in [0.29, 0.717) is 12.4 Å². The first-order chi connectivity index (χ1) is 7.99. The van der Waals surface area contributed by atoms with Gasteiger partial charge in [-0.2, -0.15) is 4.39 Å². The molecule has 0 fully saturated rings. The van der Waals surface area contributed by atoms with Crippen LogP contribution >= 0.6 is 0 Å². The van der Waals surface area contributed by atoms with Crippen molar-refractivity contribution in [1.29, 1.82) is 0 Å². The van der Waals surface area contributed by atoms with Gasteiger partial charge in [0.15, 0.2) is 5.82 Å². The molecule has 1 heterocycles. The SMILES string of the molecule is CN(C)/C(=C\[N+](=O)[O-])NCc1ccc(F)nc1. The number of nitro groups is 1. The van der Waals surface area contributed by atoms with Crippen LogP contribution in [-0.2, 0) is 6.54 Å². The fourth-order valence-electron chi connectivity index (χ4n) is 1.12. The van der Waals surface area contributed by atoms with Crippen LogP contribution in [0.25, 0.3) is 0 Å². The zero-order valence-corrected chi connectivity index (χ0v) is 9.55. The summed E-state index contributed by atoms with van der Waals surface area (Å²) < 4.78 is 12.5. The van der Waals surface area contributed by atoms with E-state index in [4.69, 9.17) is 0 Å². The van der Waals surface area contributed by atoms with Gasteiger partial charge in [0.1, 0.15) is 0 Å². The van der Waals surface area contributed by atoms with Crippen LogP contribution in [-0.4, -0.2) is 28.9 Å². The Kier molecular flexibility index (Phi) is 4.38. The van der Waals surface area contributed by atoms with E-state index in [-0.39, 0.29) is 0 Å². The van der Waals surface area contributed by atoms with E-state index < -0.39 is 10.9 Å². The van der Waals surface area contributed by atoms with Crippen LogP contribution in [0.2, 0.25) is 0 Å². The molecule has 0 aliphatic heterocycles. The van der Waals surface area contributed by atoms with Gasteiger partial charge >= 0.3 is 0 Å². The molecule has 1 rings (SSSR count). The number of hydrogen-bond donors (Lipinski definition) is 1. The van der Waals surface area contributed by atoms with Gasteiger partial charge in [-0.3, -0.25) is 10.1 Å². The largest absolute Gasteiger partial charge is 0.362 e. The summed E-state index contributed by atoms with van der Waals surface area (Å²) in [6, 6.07) is 2.80. The van der Waals surface area contributed by atoms with Gasteiger partial charge in [0, 0.05) is 26.8 Å². The Morgan fingerprint density at radius 1 is 1.65 bits per heavy atom. The molecule has 92 valence electrons. The Bertz CT molecular complexity index is 417. The van der Waals surface area contributed by atoms with Crippen LogP contribution in [0.3, 0.4) is 0 Å². The molecule has 1 N–H and O–H groups in total. The minimum absolute atomic E-state index is 0.338. The first-order valence-electron chi connectivity index (χ1n) is 4.86. The van der Waals surface area contributed by atoms with Gasteiger partial charge in [0.2, 0.25) is 5.95 Å². The Hall–Kier alpha value is -2.18. The summed E-state index contributed by atoms with van der Waals surface area (Å²) in [4.78, 5) is 14.9. The smallest absolute Gasteiger partial charge is 0.274 e. The van der Waals surface area contributed by atoms with Crippen LogP contribution < -0.4 is 5.32 Å². The van der Waals surface area contributed by atoms with Crippen molar-refractivity contribution in [3.63, 3.8) is 0 Å². The van der Waals surface area contributed by atoms with Crippen molar-refractivity contribution >= 4 is 0 Å². The molecule has 0 atom stereocenters. The molecule has 0 spiro atoms. The van der Waals surface area contributed by atoms with Crippen LogP contribution in [0.1, 0.15) is 5.56 Å². The van der Waals surface area contributed by atoms with E-state index in [1.165, 1.54) is 12.3 Å². The summed E-state index contributed by atoms with van der Waals surface area (Å²) in [6.45, 7) is 0.338. The fraction of sp³-hybridized carbons (Fsp3) is 0.300. The maximum Gasteiger partial charge on any atom is 0.274 e. The van der Waals surface area contributed by atoms with Crippen LogP contribution in [0.15, 0.2) is 30.4 Å². The minimum atomic E-state index is -0.553. The maximum absolute atomic E-state index is 12.5. The van der Waals surface area contributed by atoms with Gasteiger partial charge in [-0.25, -0.2) is 4.98 Å². The Morgan fingerprint density at radius 2 is 2.35 bits per heavy atom. The van der Waals surface area contributed by atoms with Crippen LogP contribution in [0.4, 0.5) is 4.39 Å². The van der Waals surface area contributed by atoms with Gasteiger partial charge in [0.05, 0.1) is 4.92 Å². The van der Waals surface area contributed by atoms with E-state index >= 15 is 0 Å². The fourth-order valence-corrected chi connectivity index (χ4v) is 1.12. The second-order valence-electron chi connectivity index (χ2n) is 3.54. The van der Waals surface area contributed by atoms with Gasteiger partial charge in [-0.15, -0.1) is 0 Å². The van der Waals surface area contributed by atoms with Crippen molar-refractivity contribution in [1.82, 2.24) is 15.2 Å². The van der Waals surface area contributed by atoms with E-state index in [0.717, 1.165) is 11.8 Å². The number of nitrogens with one attached hydrogen (secondary N) is 1. The quantitative estimate of drug-likeness (QED) is 0.471. The molecule has 6 nitrogen and oxygen atoms in total. The summed E-state index contributed by atoms with van der Waals surface area (Å²) in [5, 5.41) is 13.2. The van der Waals surface area contributed by atoms with Gasteiger partial charge in [-0.1, -0.05) is 6.07 Å². The Labute approximate surface area is 97.9 Å². The van der Waals surface area contributed by atoms with Gasteiger partial charge in [-0.05, 0) is 11.6 Å². The highest BCUT2D eigenvalue weighted by atomic mass is 19.1. The number of nitrogens with zero attached hydrogens (tertiary/aromatic N) is 3. The lowest BCUT2D eigenvalue weighted by Crippen LogP contribution is -2.26. The number of pyridine rings is 1. The number of aromatic nitrogens is 1. The highest BCUT2D eigenvalue weighted by molar-refractivity contribution is 5.10. The van der Waals surface area contributed by atoms with Crippen molar-refractivity contribution < 1.29 is 9.31 Å². The third kappa shape index (κ3) is 4.45. The third-order valence-electron chi connectivity index (χ3n) is 1.97. The predicted molar refractivity (Wildman–Crippen MR) is 59.8 cm³/mol. The summed E-state index contributed by atoms with van der Waals surface area (Å²) in [7, 11) is 3.37. The van der Waals surface area contributed by atoms with Gasteiger partial charge in [0.25, 0.3) is 6.20 Å². The second kappa shape index (κ2) is 5.78. The molecule has 0 bridgehead atoms. The van der Waals surface area contributed by atoms with Crippen LogP contribution in [0.5, 0.6) is 0 Å². The van der Waals surface area contributed by atoms with Crippen molar-refractivity contribution in [2.24, 2.45) is 0 Å². The lowest BCUT2D eigenvalue weighted by molar-refractivity contribution is -0.404. The molecule has 1 aromatic heterocycles. The molecule has 0 saturated heterocycles. The van der Waals surface area contributed by atoms with Crippen molar-refractivity contribution in [2.45, 2.75) is 6.54 Å². The molecule has 0 radical (unpaired) electrons. The average molecular weight is 240 g/mol. The highest BCUT2D eigenvalue weighted by Gasteiger charge is 2.05. The summed E-state index contributed by atoms with van der Waals surface area (Å²) >= 11 is 0. The molecular formula is C10H13FN4O2. The molecule has 0 aromatic carbocycles. The molecule has 0 aliphatic carbocycles. The summed E-state index contributed by atoms with van der Waals surface area (Å²) in [5.41, 5.74) is 0.738. The molecule has 17 heavy (non-hydrogen) atoms. The van der Waals surface area contributed by atoms with Gasteiger partial charge < -0.3 is 10.2 Å². The predicted octanol–water partition coefficient (Wildman–Crippen LogP) is 0.948. The minimum Gasteiger partial charge on any atom is -0.362 e. The van der Waals surface area contributed by atoms with E-state index in [1.807, 2.05) is 0 Å². The first-order valence-corrected chi connectivity index (χ1v) is 4.86. The first kappa shape index (κ1) is 12.9. The lowest BCUT2D eigenvalue weighted by atomic mass is 10.3. The lowest BCUT2D eigenvalue weighted by Gasteiger charge is -2.16.